The standard InChI is InChI=1S/C19H29N3O/c1-21-11-13-22(14-12-21)18-9-7-16(8-10-18)15-20-19(23)17-5-3-2-4-6-17/h7-10,17H,2-6,11-15H2,1H3,(H,20,23)/p+1. The van der Waals surface area contributed by atoms with Gasteiger partial charge >= 0.3 is 0 Å². The van der Waals surface area contributed by atoms with Crippen LogP contribution in [0.5, 0.6) is 0 Å². The highest BCUT2D eigenvalue weighted by Crippen LogP contribution is 2.23. The molecule has 4 nitrogen and oxygen atoms in total. The van der Waals surface area contributed by atoms with E-state index < -0.39 is 0 Å². The Morgan fingerprint density at radius 3 is 2.43 bits per heavy atom. The van der Waals surface area contributed by atoms with Gasteiger partial charge in [0.1, 0.15) is 0 Å². The molecule has 1 aromatic rings. The molecule has 0 bridgehead atoms. The lowest BCUT2D eigenvalue weighted by Gasteiger charge is -2.31. The van der Waals surface area contributed by atoms with Gasteiger partial charge in [-0.3, -0.25) is 4.79 Å². The van der Waals surface area contributed by atoms with Gasteiger partial charge in [0.15, 0.2) is 0 Å². The van der Waals surface area contributed by atoms with Crippen LogP contribution < -0.4 is 15.1 Å². The molecule has 1 aliphatic heterocycles. The van der Waals surface area contributed by atoms with E-state index in [1.807, 2.05) is 0 Å². The molecule has 1 heterocycles. The second-order valence-electron chi connectivity index (χ2n) is 7.16. The molecule has 2 aliphatic rings. The number of anilines is 1. The van der Waals surface area contributed by atoms with Crippen LogP contribution in [0, 0.1) is 5.92 Å². The summed E-state index contributed by atoms with van der Waals surface area (Å²) in [7, 11) is 2.26. The number of carbonyl (C=O) groups excluding carboxylic acids is 1. The molecular formula is C19H30N3O+. The Labute approximate surface area is 139 Å². The highest BCUT2D eigenvalue weighted by molar-refractivity contribution is 5.78. The Morgan fingerprint density at radius 1 is 1.13 bits per heavy atom. The second kappa shape index (κ2) is 7.82. The fourth-order valence-corrected chi connectivity index (χ4v) is 3.67. The Hall–Kier alpha value is -1.55. The van der Waals surface area contributed by atoms with Gasteiger partial charge in [-0.15, -0.1) is 0 Å². The molecule has 126 valence electrons. The van der Waals surface area contributed by atoms with Gasteiger partial charge in [-0.1, -0.05) is 31.4 Å². The summed E-state index contributed by atoms with van der Waals surface area (Å²) in [6.07, 6.45) is 5.84. The highest BCUT2D eigenvalue weighted by atomic mass is 16.1. The lowest BCUT2D eigenvalue weighted by molar-refractivity contribution is -0.880. The number of quaternary nitrogens is 1. The van der Waals surface area contributed by atoms with Crippen molar-refractivity contribution in [2.45, 2.75) is 38.6 Å². The third-order valence-electron chi connectivity index (χ3n) is 5.36. The van der Waals surface area contributed by atoms with Crippen molar-refractivity contribution < 1.29 is 9.69 Å². The first-order chi connectivity index (χ1) is 11.2. The molecule has 1 amide bonds. The van der Waals surface area contributed by atoms with Gasteiger partial charge in [0.2, 0.25) is 5.91 Å². The number of likely N-dealkylation sites (N-methyl/N-ethyl adjacent to an activating group) is 1. The Balaban J connectivity index is 1.48. The van der Waals surface area contributed by atoms with E-state index in [-0.39, 0.29) is 11.8 Å². The normalized spacial score (nSPS) is 20.5. The van der Waals surface area contributed by atoms with E-state index >= 15 is 0 Å². The van der Waals surface area contributed by atoms with E-state index in [9.17, 15) is 4.79 Å². The van der Waals surface area contributed by atoms with E-state index in [0.717, 1.165) is 25.9 Å². The van der Waals surface area contributed by atoms with Crippen LogP contribution >= 0.6 is 0 Å². The van der Waals surface area contributed by atoms with E-state index in [4.69, 9.17) is 0 Å². The van der Waals surface area contributed by atoms with Crippen molar-refractivity contribution in [1.82, 2.24) is 5.32 Å². The fraction of sp³-hybridized carbons (Fsp3) is 0.632. The van der Waals surface area contributed by atoms with Crippen LogP contribution in [-0.2, 0) is 11.3 Å². The number of nitrogens with zero attached hydrogens (tertiary/aromatic N) is 1. The average Bonchev–Trinajstić information content (AvgIpc) is 2.61. The molecule has 1 aromatic carbocycles. The van der Waals surface area contributed by atoms with Crippen LogP contribution in [0.25, 0.3) is 0 Å². The summed E-state index contributed by atoms with van der Waals surface area (Å²) in [4.78, 5) is 16.3. The van der Waals surface area contributed by atoms with Crippen molar-refractivity contribution in [2.24, 2.45) is 5.92 Å². The molecule has 0 aromatic heterocycles. The Morgan fingerprint density at radius 2 is 1.78 bits per heavy atom. The molecule has 0 radical (unpaired) electrons. The minimum absolute atomic E-state index is 0.246. The zero-order valence-corrected chi connectivity index (χ0v) is 14.3. The van der Waals surface area contributed by atoms with Crippen molar-refractivity contribution in [3.63, 3.8) is 0 Å². The van der Waals surface area contributed by atoms with Gasteiger partial charge in [-0.25, -0.2) is 0 Å². The maximum absolute atomic E-state index is 12.2. The smallest absolute Gasteiger partial charge is 0.223 e. The van der Waals surface area contributed by atoms with Crippen LogP contribution in [0.3, 0.4) is 0 Å². The first kappa shape index (κ1) is 16.3. The summed E-state index contributed by atoms with van der Waals surface area (Å²) < 4.78 is 0. The summed E-state index contributed by atoms with van der Waals surface area (Å²) in [5.74, 6) is 0.492. The van der Waals surface area contributed by atoms with Gasteiger partial charge in [0, 0.05) is 18.2 Å². The van der Waals surface area contributed by atoms with Gasteiger partial charge in [0.05, 0.1) is 33.2 Å². The molecule has 0 spiro atoms. The summed E-state index contributed by atoms with van der Waals surface area (Å²) >= 11 is 0. The summed E-state index contributed by atoms with van der Waals surface area (Å²) in [5, 5.41) is 3.12. The molecule has 4 heteroatoms. The maximum atomic E-state index is 12.2. The molecule has 23 heavy (non-hydrogen) atoms. The van der Waals surface area contributed by atoms with Crippen LogP contribution in [0.2, 0.25) is 0 Å². The summed E-state index contributed by atoms with van der Waals surface area (Å²) in [5.41, 5.74) is 2.50. The van der Waals surface area contributed by atoms with E-state index in [1.165, 1.54) is 43.6 Å². The van der Waals surface area contributed by atoms with Crippen molar-refractivity contribution >= 4 is 11.6 Å². The molecule has 0 unspecified atom stereocenters. The van der Waals surface area contributed by atoms with E-state index in [1.54, 1.807) is 4.90 Å². The molecule has 0 atom stereocenters. The first-order valence-corrected chi connectivity index (χ1v) is 9.15. The van der Waals surface area contributed by atoms with Gasteiger partial charge in [-0.05, 0) is 30.5 Å². The molecule has 3 rings (SSSR count). The second-order valence-corrected chi connectivity index (χ2v) is 7.16. The number of carbonyl (C=O) groups is 1. The lowest BCUT2D eigenvalue weighted by atomic mass is 9.88. The predicted octanol–water partition coefficient (Wildman–Crippen LogP) is 1.22. The first-order valence-electron chi connectivity index (χ1n) is 9.15. The number of hydrogen-bond donors (Lipinski definition) is 2. The quantitative estimate of drug-likeness (QED) is 0.876. The molecule has 1 saturated carbocycles. The molecule has 1 aliphatic carbocycles. The maximum Gasteiger partial charge on any atom is 0.223 e. The van der Waals surface area contributed by atoms with Gasteiger partial charge in [-0.2, -0.15) is 0 Å². The van der Waals surface area contributed by atoms with Gasteiger partial charge < -0.3 is 15.1 Å². The monoisotopic (exact) mass is 316 g/mol. The third kappa shape index (κ3) is 4.47. The number of benzene rings is 1. The summed E-state index contributed by atoms with van der Waals surface area (Å²) in [6.45, 7) is 5.33. The largest absolute Gasteiger partial charge is 0.360 e. The Bertz CT molecular complexity index is 500. The van der Waals surface area contributed by atoms with Crippen molar-refractivity contribution in [3.8, 4) is 0 Å². The summed E-state index contributed by atoms with van der Waals surface area (Å²) in [6, 6.07) is 8.70. The number of amides is 1. The molecular weight excluding hydrogens is 286 g/mol. The van der Waals surface area contributed by atoms with Gasteiger partial charge in [0.25, 0.3) is 0 Å². The van der Waals surface area contributed by atoms with Crippen LogP contribution in [0.4, 0.5) is 5.69 Å². The van der Waals surface area contributed by atoms with Crippen molar-refractivity contribution in [2.75, 3.05) is 38.1 Å². The number of nitrogens with one attached hydrogen (secondary N) is 2. The zero-order chi connectivity index (χ0) is 16.1. The van der Waals surface area contributed by atoms with Crippen LogP contribution in [-0.4, -0.2) is 39.1 Å². The molecule has 2 fully saturated rings. The number of rotatable bonds is 4. The van der Waals surface area contributed by atoms with Crippen LogP contribution in [0.1, 0.15) is 37.7 Å². The van der Waals surface area contributed by atoms with Crippen LogP contribution in [0.15, 0.2) is 24.3 Å². The minimum atomic E-state index is 0.246. The molecule has 2 N–H and O–H groups in total. The zero-order valence-electron chi connectivity index (χ0n) is 14.3. The minimum Gasteiger partial charge on any atom is -0.360 e. The Kier molecular flexibility index (Phi) is 5.55. The van der Waals surface area contributed by atoms with E-state index in [0.29, 0.717) is 6.54 Å². The average molecular weight is 316 g/mol. The fourth-order valence-electron chi connectivity index (χ4n) is 3.67. The highest BCUT2D eigenvalue weighted by Gasteiger charge is 2.20. The number of hydrogen-bond acceptors (Lipinski definition) is 2. The number of piperazine rings is 1. The lowest BCUT2D eigenvalue weighted by Crippen LogP contribution is -3.12. The SMILES string of the molecule is C[NH+]1CCN(c2ccc(CNC(=O)C3CCCCC3)cc2)CC1. The molecule has 1 saturated heterocycles. The topological polar surface area (TPSA) is 36.8 Å². The van der Waals surface area contributed by atoms with E-state index in [2.05, 4.69) is 41.5 Å². The predicted molar refractivity (Wildman–Crippen MR) is 93.7 cm³/mol. The third-order valence-corrected chi connectivity index (χ3v) is 5.36. The van der Waals surface area contributed by atoms with Crippen molar-refractivity contribution in [1.29, 1.82) is 0 Å². The van der Waals surface area contributed by atoms with Crippen molar-refractivity contribution in [3.05, 3.63) is 29.8 Å².